The van der Waals surface area contributed by atoms with Gasteiger partial charge in [0.25, 0.3) is 5.78 Å². The molecule has 1 fully saturated rings. The summed E-state index contributed by atoms with van der Waals surface area (Å²) in [5.41, 5.74) is 3.26. The van der Waals surface area contributed by atoms with Gasteiger partial charge in [0.15, 0.2) is 11.5 Å². The van der Waals surface area contributed by atoms with E-state index in [-0.39, 0.29) is 28.0 Å². The number of aromatic hydroxyl groups is 1. The molecule has 1 aromatic heterocycles. The van der Waals surface area contributed by atoms with Crippen molar-refractivity contribution in [3.8, 4) is 11.5 Å². The molecule has 1 aliphatic heterocycles. The average Bonchev–Trinajstić information content (AvgIpc) is 3.37. The number of nitrogens with zero attached hydrogens (tertiary/aromatic N) is 3. The number of benzene rings is 2. The Labute approximate surface area is 182 Å². The van der Waals surface area contributed by atoms with E-state index < -0.39 is 17.7 Å². The number of phenols is 1. The minimum atomic E-state index is -0.964. The van der Waals surface area contributed by atoms with E-state index in [4.69, 9.17) is 4.74 Å². The van der Waals surface area contributed by atoms with Crippen molar-refractivity contribution in [2.24, 2.45) is 0 Å². The minimum absolute atomic E-state index is 0.0720. The van der Waals surface area contributed by atoms with Crippen LogP contribution in [0.3, 0.4) is 0 Å². The van der Waals surface area contributed by atoms with E-state index in [0.717, 1.165) is 16.9 Å². The van der Waals surface area contributed by atoms with Crippen LogP contribution < -0.4 is 9.64 Å². The molecular weight excluding hydrogens is 418 g/mol. The molecule has 2 heterocycles. The Kier molecular flexibility index (Phi) is 5.43. The lowest BCUT2D eigenvalue weighted by Crippen LogP contribution is -2.29. The van der Waals surface area contributed by atoms with E-state index in [1.54, 1.807) is 43.3 Å². The monoisotopic (exact) mass is 437 g/mol. The largest absolute Gasteiger partial charge is 0.507 e. The van der Waals surface area contributed by atoms with Crippen molar-refractivity contribution >= 4 is 33.9 Å². The number of phenolic OH excluding ortho intramolecular Hbond substituents is 1. The zero-order valence-corrected chi connectivity index (χ0v) is 17.6. The van der Waals surface area contributed by atoms with Gasteiger partial charge < -0.3 is 14.9 Å². The summed E-state index contributed by atoms with van der Waals surface area (Å²) in [5, 5.41) is 29.1. The van der Waals surface area contributed by atoms with Crippen molar-refractivity contribution in [3.05, 3.63) is 70.2 Å². The highest BCUT2D eigenvalue weighted by Gasteiger charge is 2.48. The summed E-state index contributed by atoms with van der Waals surface area (Å²) in [7, 11) is 0. The molecule has 0 unspecified atom stereocenters. The summed E-state index contributed by atoms with van der Waals surface area (Å²) in [6.45, 7) is 4.00. The van der Waals surface area contributed by atoms with Crippen LogP contribution in [0.25, 0.3) is 5.76 Å². The predicted octanol–water partition coefficient (Wildman–Crippen LogP) is 3.58. The quantitative estimate of drug-likeness (QED) is 0.356. The number of aliphatic hydroxyl groups is 1. The minimum Gasteiger partial charge on any atom is -0.507 e. The van der Waals surface area contributed by atoms with Gasteiger partial charge in [-0.05, 0) is 31.5 Å². The molecule has 1 amide bonds. The molecule has 9 heteroatoms. The Morgan fingerprint density at radius 3 is 2.58 bits per heavy atom. The van der Waals surface area contributed by atoms with Crippen LogP contribution in [0.15, 0.2) is 53.5 Å². The number of aliphatic hydroxyl groups excluding tert-OH is 1. The van der Waals surface area contributed by atoms with Crippen LogP contribution in [0.4, 0.5) is 5.13 Å². The normalized spacial score (nSPS) is 17.9. The molecule has 8 nitrogen and oxygen atoms in total. The molecule has 0 aliphatic carbocycles. The first-order valence-corrected chi connectivity index (χ1v) is 10.4. The van der Waals surface area contributed by atoms with Gasteiger partial charge in [-0.15, -0.1) is 10.2 Å². The standard InChI is InChI=1S/C22H19N3O5S/c1-3-30-16-10-14(8-9-15(16)26)18-17(19(27)13-6-4-12(2)5-7-13)20(28)21(29)25(18)22-24-23-11-31-22/h4-11,18,26-27H,3H2,1-2H3/b19-17+/t18-/m0/s1. The van der Waals surface area contributed by atoms with Gasteiger partial charge >= 0.3 is 5.91 Å². The van der Waals surface area contributed by atoms with Crippen molar-refractivity contribution in [1.29, 1.82) is 0 Å². The molecule has 31 heavy (non-hydrogen) atoms. The Morgan fingerprint density at radius 2 is 1.94 bits per heavy atom. The van der Waals surface area contributed by atoms with Crippen molar-refractivity contribution in [2.75, 3.05) is 11.5 Å². The van der Waals surface area contributed by atoms with Crippen LogP contribution in [0.1, 0.15) is 29.7 Å². The van der Waals surface area contributed by atoms with Crippen molar-refractivity contribution < 1.29 is 24.5 Å². The summed E-state index contributed by atoms with van der Waals surface area (Å²) in [6, 6.07) is 10.6. The summed E-state index contributed by atoms with van der Waals surface area (Å²) >= 11 is 1.10. The van der Waals surface area contributed by atoms with E-state index in [9.17, 15) is 19.8 Å². The second kappa shape index (κ2) is 8.19. The SMILES string of the molecule is CCOc1cc([C@H]2/C(=C(\O)c3ccc(C)cc3)C(=O)C(=O)N2c2nncs2)ccc1O. The molecule has 0 bridgehead atoms. The van der Waals surface area contributed by atoms with Gasteiger partial charge in [-0.3, -0.25) is 14.5 Å². The fourth-order valence-corrected chi connectivity index (χ4v) is 4.04. The van der Waals surface area contributed by atoms with Gasteiger partial charge in [-0.2, -0.15) is 0 Å². The first-order chi connectivity index (χ1) is 14.9. The van der Waals surface area contributed by atoms with Crippen LogP contribution in [0, 0.1) is 6.92 Å². The van der Waals surface area contributed by atoms with Crippen LogP contribution in [-0.4, -0.2) is 38.7 Å². The molecular formula is C22H19N3O5S. The molecule has 1 atom stereocenters. The zero-order chi connectivity index (χ0) is 22.1. The van der Waals surface area contributed by atoms with Gasteiger partial charge in [0.1, 0.15) is 11.3 Å². The smallest absolute Gasteiger partial charge is 0.301 e. The van der Waals surface area contributed by atoms with Gasteiger partial charge in [0.05, 0.1) is 18.2 Å². The van der Waals surface area contributed by atoms with Crippen LogP contribution >= 0.6 is 11.3 Å². The lowest BCUT2D eigenvalue weighted by molar-refractivity contribution is -0.132. The number of carbonyl (C=O) groups excluding carboxylic acids is 2. The Bertz CT molecular complexity index is 1170. The lowest BCUT2D eigenvalue weighted by Gasteiger charge is -2.23. The maximum atomic E-state index is 13.0. The molecule has 2 N–H and O–H groups in total. The molecule has 3 aromatic rings. The fraction of sp³-hybridized carbons (Fsp3) is 0.182. The first kappa shape index (κ1) is 20.5. The number of carbonyl (C=O) groups is 2. The van der Waals surface area contributed by atoms with Crippen LogP contribution in [0.5, 0.6) is 11.5 Å². The molecule has 0 radical (unpaired) electrons. The molecule has 1 aliphatic rings. The molecule has 4 rings (SSSR count). The fourth-order valence-electron chi connectivity index (χ4n) is 3.46. The Morgan fingerprint density at radius 1 is 1.19 bits per heavy atom. The summed E-state index contributed by atoms with van der Waals surface area (Å²) in [5.74, 6) is -1.80. The number of aryl methyl sites for hydroxylation is 1. The lowest BCUT2D eigenvalue weighted by atomic mass is 9.95. The maximum absolute atomic E-state index is 13.0. The first-order valence-electron chi connectivity index (χ1n) is 9.52. The number of ketones is 1. The van der Waals surface area contributed by atoms with Crippen molar-refractivity contribution in [3.63, 3.8) is 0 Å². The number of hydrogen-bond acceptors (Lipinski definition) is 8. The second-order valence-electron chi connectivity index (χ2n) is 6.92. The second-order valence-corrected chi connectivity index (χ2v) is 7.73. The molecule has 0 saturated carbocycles. The van der Waals surface area contributed by atoms with E-state index in [0.29, 0.717) is 17.7 Å². The highest BCUT2D eigenvalue weighted by atomic mass is 32.1. The molecule has 158 valence electrons. The number of amides is 1. The van der Waals surface area contributed by atoms with Gasteiger partial charge in [-0.1, -0.05) is 47.2 Å². The number of Topliss-reactive ketones (excluding diaryl/α,β-unsaturated/α-hetero) is 1. The van der Waals surface area contributed by atoms with E-state index >= 15 is 0 Å². The van der Waals surface area contributed by atoms with Crippen molar-refractivity contribution in [1.82, 2.24) is 10.2 Å². The summed E-state index contributed by atoms with van der Waals surface area (Å²) in [4.78, 5) is 27.2. The van der Waals surface area contributed by atoms with Gasteiger partial charge in [0.2, 0.25) is 5.13 Å². The zero-order valence-electron chi connectivity index (χ0n) is 16.8. The maximum Gasteiger partial charge on any atom is 0.301 e. The third kappa shape index (κ3) is 3.64. The van der Waals surface area contributed by atoms with E-state index in [1.807, 2.05) is 6.92 Å². The topological polar surface area (TPSA) is 113 Å². The average molecular weight is 437 g/mol. The van der Waals surface area contributed by atoms with E-state index in [2.05, 4.69) is 10.2 Å². The number of anilines is 1. The van der Waals surface area contributed by atoms with Crippen LogP contribution in [-0.2, 0) is 9.59 Å². The van der Waals surface area contributed by atoms with Gasteiger partial charge in [-0.25, -0.2) is 0 Å². The predicted molar refractivity (Wildman–Crippen MR) is 115 cm³/mol. The molecule has 0 spiro atoms. The third-order valence-corrected chi connectivity index (χ3v) is 5.61. The summed E-state index contributed by atoms with van der Waals surface area (Å²) in [6.07, 6.45) is 0. The Hall–Kier alpha value is -3.72. The Balaban J connectivity index is 1.94. The number of aromatic nitrogens is 2. The van der Waals surface area contributed by atoms with Gasteiger partial charge in [0, 0.05) is 5.56 Å². The molecule has 1 saturated heterocycles. The summed E-state index contributed by atoms with van der Waals surface area (Å²) < 4.78 is 5.47. The third-order valence-electron chi connectivity index (χ3n) is 4.92. The highest BCUT2D eigenvalue weighted by Crippen LogP contribution is 2.44. The van der Waals surface area contributed by atoms with Crippen molar-refractivity contribution in [2.45, 2.75) is 19.9 Å². The molecule has 2 aromatic carbocycles. The van der Waals surface area contributed by atoms with Crippen LogP contribution in [0.2, 0.25) is 0 Å². The number of hydrogen-bond donors (Lipinski definition) is 2. The number of rotatable bonds is 5. The highest BCUT2D eigenvalue weighted by molar-refractivity contribution is 7.13. The van der Waals surface area contributed by atoms with E-state index in [1.165, 1.54) is 16.5 Å². The number of ether oxygens (including phenoxy) is 1.